The van der Waals surface area contributed by atoms with Gasteiger partial charge in [0.05, 0.1) is 5.92 Å². The number of carbonyl (C=O) groups excluding carboxylic acids is 3. The van der Waals surface area contributed by atoms with Crippen molar-refractivity contribution in [1.82, 2.24) is 5.32 Å². The van der Waals surface area contributed by atoms with Gasteiger partial charge in [-0.25, -0.2) is 4.79 Å². The van der Waals surface area contributed by atoms with Gasteiger partial charge in [0.1, 0.15) is 5.76 Å². The van der Waals surface area contributed by atoms with E-state index in [0.717, 1.165) is 0 Å². The van der Waals surface area contributed by atoms with E-state index in [9.17, 15) is 14.4 Å². The lowest BCUT2D eigenvalue weighted by molar-refractivity contribution is -0.216. The fraction of sp³-hybridized carbons (Fsp3) is 0.533. The molecule has 2 saturated heterocycles. The summed E-state index contributed by atoms with van der Waals surface area (Å²) in [7, 11) is 0. The molecule has 1 N–H and O–H groups in total. The Morgan fingerprint density at radius 1 is 1.57 bits per heavy atom. The molecule has 1 aliphatic carbocycles. The normalized spacial score (nSPS) is 35.3. The highest BCUT2D eigenvalue weighted by Crippen LogP contribution is 2.51. The molecule has 0 radical (unpaired) electrons. The molecule has 2 fully saturated rings. The highest BCUT2D eigenvalue weighted by Gasteiger charge is 2.79. The zero-order valence-corrected chi connectivity index (χ0v) is 14.1. The van der Waals surface area contributed by atoms with Gasteiger partial charge in [-0.2, -0.15) is 0 Å². The predicted molar refractivity (Wildman–Crippen MR) is 84.7 cm³/mol. The molecule has 2 heterocycles. The molecule has 124 valence electrons. The monoisotopic (exact) mass is 357 g/mol. The van der Waals surface area contributed by atoms with Crippen molar-refractivity contribution < 1.29 is 23.3 Å². The highest BCUT2D eigenvalue weighted by atomic mass is 35.5. The number of carbonyl (C=O) groups is 3. The van der Waals surface area contributed by atoms with Gasteiger partial charge in [0.25, 0.3) is 0 Å². The summed E-state index contributed by atoms with van der Waals surface area (Å²) in [5.74, 6) is -1.52. The van der Waals surface area contributed by atoms with Crippen LogP contribution in [0.3, 0.4) is 0 Å². The van der Waals surface area contributed by atoms with Crippen molar-refractivity contribution in [1.29, 1.82) is 0 Å². The number of hydrogen-bond donors (Lipinski definition) is 2. The molecule has 2 aliphatic heterocycles. The number of halogens is 1. The Kier molecular flexibility index (Phi) is 3.96. The van der Waals surface area contributed by atoms with Crippen molar-refractivity contribution in [2.75, 3.05) is 5.88 Å². The number of Topliss-reactive ketones (excluding diaryl/α,β-unsaturated/α-hetero) is 1. The van der Waals surface area contributed by atoms with Crippen LogP contribution >= 0.6 is 24.5 Å². The second kappa shape index (κ2) is 5.56. The number of alkyl halides is 1. The Hall–Kier alpha value is -1.47. The number of rotatable bonds is 5. The average Bonchev–Trinajstić information content (AvgIpc) is 2.72. The van der Waals surface area contributed by atoms with Gasteiger partial charge in [-0.1, -0.05) is 0 Å². The lowest BCUT2D eigenvalue weighted by Gasteiger charge is -2.50. The van der Waals surface area contributed by atoms with E-state index >= 15 is 0 Å². The Labute approximate surface area is 143 Å². The van der Waals surface area contributed by atoms with Crippen LogP contribution in [0, 0.1) is 5.92 Å². The van der Waals surface area contributed by atoms with E-state index in [4.69, 9.17) is 20.5 Å². The summed E-state index contributed by atoms with van der Waals surface area (Å²) in [6.07, 6.45) is 4.72. The van der Waals surface area contributed by atoms with E-state index in [-0.39, 0.29) is 11.8 Å². The first kappa shape index (κ1) is 16.4. The summed E-state index contributed by atoms with van der Waals surface area (Å²) in [5, 5.41) is 2.58. The van der Waals surface area contributed by atoms with Crippen molar-refractivity contribution in [3.8, 4) is 0 Å². The van der Waals surface area contributed by atoms with E-state index in [1.165, 1.54) is 0 Å². The first-order valence-electron chi connectivity index (χ1n) is 7.29. The van der Waals surface area contributed by atoms with Crippen molar-refractivity contribution in [3.05, 3.63) is 23.5 Å². The molecule has 0 spiro atoms. The minimum absolute atomic E-state index is 0.235. The molecule has 0 aromatic rings. The van der Waals surface area contributed by atoms with Crippen LogP contribution in [0.4, 0.5) is 0 Å². The van der Waals surface area contributed by atoms with Crippen molar-refractivity contribution in [2.45, 2.75) is 37.3 Å². The van der Waals surface area contributed by atoms with E-state index in [1.807, 2.05) is 0 Å². The largest absolute Gasteiger partial charge is 0.453 e. The van der Waals surface area contributed by atoms with Crippen LogP contribution in [0.15, 0.2) is 23.5 Å². The third-order valence-electron chi connectivity index (χ3n) is 4.86. The van der Waals surface area contributed by atoms with Gasteiger partial charge in [0.15, 0.2) is 11.4 Å². The molecule has 0 aromatic heterocycles. The molecule has 0 aromatic carbocycles. The maximum absolute atomic E-state index is 13.0. The van der Waals surface area contributed by atoms with E-state index < -0.39 is 28.8 Å². The number of fused-ring (bicyclic) bond motifs is 1. The predicted octanol–water partition coefficient (Wildman–Crippen LogP) is 1.45. The number of amides is 1. The second-order valence-corrected chi connectivity index (χ2v) is 6.56. The number of esters is 1. The van der Waals surface area contributed by atoms with Gasteiger partial charge in [0, 0.05) is 24.4 Å². The summed E-state index contributed by atoms with van der Waals surface area (Å²) in [5.41, 5.74) is -2.46. The summed E-state index contributed by atoms with van der Waals surface area (Å²) in [4.78, 5) is 37.5. The van der Waals surface area contributed by atoms with Crippen LogP contribution in [0.5, 0.6) is 0 Å². The van der Waals surface area contributed by atoms with Gasteiger partial charge in [0.2, 0.25) is 11.4 Å². The molecule has 6 nitrogen and oxygen atoms in total. The average molecular weight is 358 g/mol. The minimum Gasteiger partial charge on any atom is -0.453 e. The summed E-state index contributed by atoms with van der Waals surface area (Å²) < 4.78 is 10.1. The second-order valence-electron chi connectivity index (χ2n) is 6.00. The number of nitrogens with one attached hydrogen (secondary N) is 1. The highest BCUT2D eigenvalue weighted by molar-refractivity contribution is 7.75. The van der Waals surface area contributed by atoms with Crippen LogP contribution in [0.2, 0.25) is 0 Å². The van der Waals surface area contributed by atoms with Gasteiger partial charge in [-0.15, -0.1) is 11.6 Å². The third-order valence-corrected chi connectivity index (χ3v) is 5.29. The van der Waals surface area contributed by atoms with Crippen LogP contribution in [-0.2, 0) is 23.3 Å². The molecule has 0 saturated carbocycles. The Bertz CT molecular complexity index is 660. The molecule has 3 rings (SSSR count). The van der Waals surface area contributed by atoms with Crippen LogP contribution < -0.4 is 5.32 Å². The molecule has 23 heavy (non-hydrogen) atoms. The molecule has 8 heteroatoms. The van der Waals surface area contributed by atoms with Gasteiger partial charge < -0.3 is 14.2 Å². The Morgan fingerprint density at radius 3 is 2.91 bits per heavy atom. The lowest BCUT2D eigenvalue weighted by Crippen LogP contribution is -2.78. The molecule has 0 unspecified atom stereocenters. The fourth-order valence-corrected chi connectivity index (χ4v) is 3.92. The van der Waals surface area contributed by atoms with E-state index in [0.29, 0.717) is 30.6 Å². The van der Waals surface area contributed by atoms with Crippen molar-refractivity contribution in [3.63, 3.8) is 0 Å². The lowest BCUT2D eigenvalue weighted by atomic mass is 9.67. The number of allylic oxidation sites excluding steroid dienone is 2. The smallest absolute Gasteiger partial charge is 0.345 e. The quantitative estimate of drug-likeness (QED) is 0.256. The maximum atomic E-state index is 13.0. The van der Waals surface area contributed by atoms with Gasteiger partial charge in [-0.05, 0) is 38.3 Å². The van der Waals surface area contributed by atoms with Gasteiger partial charge in [-0.3, -0.25) is 9.59 Å². The van der Waals surface area contributed by atoms with Crippen LogP contribution in [-0.4, -0.2) is 34.7 Å². The zero-order valence-electron chi connectivity index (χ0n) is 12.4. The summed E-state index contributed by atoms with van der Waals surface area (Å²) >= 11 is 9.47. The maximum Gasteiger partial charge on any atom is 0.345 e. The van der Waals surface area contributed by atoms with E-state index in [2.05, 4.69) is 18.2 Å². The SMILES string of the molecule is C[C@@]12OC(=O)[C@]1(C(=O)C1=CC(OS)=CCC1)NC(=O)[C@@H]2CCCl. The number of thiol groups is 1. The molecule has 0 bridgehead atoms. The molecular weight excluding hydrogens is 342 g/mol. The van der Waals surface area contributed by atoms with Crippen LogP contribution in [0.25, 0.3) is 0 Å². The standard InChI is InChI=1S/C15H16ClNO5S/c1-14-10(5-6-16)12(19)17-15(14,13(20)21-14)11(18)8-3-2-4-9(7-8)22-23/h4,7,10,23H,2-3,5-6H2,1H3,(H,17,19)/t10-,14-,15-/m0/s1. The fourth-order valence-electron chi connectivity index (χ4n) is 3.58. The molecule has 3 atom stereocenters. The molecular formula is C15H16ClNO5S. The van der Waals surface area contributed by atoms with Crippen molar-refractivity contribution >= 4 is 42.2 Å². The number of hydrogen-bond acceptors (Lipinski definition) is 6. The summed E-state index contributed by atoms with van der Waals surface area (Å²) in [6.45, 7) is 1.61. The third kappa shape index (κ3) is 2.06. The summed E-state index contributed by atoms with van der Waals surface area (Å²) in [6, 6.07) is 0. The Balaban J connectivity index is 1.99. The number of ether oxygens (including phenoxy) is 1. The molecule has 1 amide bonds. The first-order chi connectivity index (χ1) is 10.9. The van der Waals surface area contributed by atoms with E-state index in [1.54, 1.807) is 19.1 Å². The van der Waals surface area contributed by atoms with Gasteiger partial charge >= 0.3 is 5.97 Å². The molecule has 3 aliphatic rings. The zero-order chi connectivity index (χ0) is 16.8. The topological polar surface area (TPSA) is 81.7 Å². The number of ketones is 1. The minimum atomic E-state index is -1.66. The van der Waals surface area contributed by atoms with Crippen molar-refractivity contribution in [2.24, 2.45) is 5.92 Å². The first-order valence-corrected chi connectivity index (χ1v) is 8.19. The van der Waals surface area contributed by atoms with Crippen LogP contribution in [0.1, 0.15) is 26.2 Å². The Morgan fingerprint density at radius 2 is 2.30 bits per heavy atom.